The monoisotopic (exact) mass is 612 g/mol. The first-order chi connectivity index (χ1) is 21.6. The maximum Gasteiger partial charge on any atom is 0.130 e. The highest BCUT2D eigenvalue weighted by Crippen LogP contribution is 2.42. The van der Waals surface area contributed by atoms with Crippen LogP contribution >= 0.6 is 0 Å². The molecule has 0 bridgehead atoms. The van der Waals surface area contributed by atoms with Crippen LogP contribution < -0.4 is 20.9 Å². The maximum absolute atomic E-state index is 6.34. The van der Waals surface area contributed by atoms with Gasteiger partial charge >= 0.3 is 0 Å². The van der Waals surface area contributed by atoms with E-state index in [1.54, 1.807) is 0 Å². The van der Waals surface area contributed by atoms with Gasteiger partial charge in [-0.2, -0.15) is 0 Å². The molecule has 0 unspecified atom stereocenters. The first kappa shape index (κ1) is 32.7. The zero-order valence-corrected chi connectivity index (χ0v) is 29.1. The van der Waals surface area contributed by atoms with Gasteiger partial charge in [-0.1, -0.05) is 64.1 Å². The van der Waals surface area contributed by atoms with Crippen LogP contribution in [-0.2, 0) is 10.8 Å². The molecule has 0 aliphatic rings. The van der Waals surface area contributed by atoms with Crippen LogP contribution in [0.2, 0.25) is 0 Å². The number of anilines is 2. The van der Waals surface area contributed by atoms with Crippen LogP contribution in [0.3, 0.4) is 0 Å². The molecule has 0 aromatic heterocycles. The van der Waals surface area contributed by atoms with Gasteiger partial charge in [-0.3, -0.25) is 0 Å². The number of aryl methyl sites for hydroxylation is 2. The third kappa shape index (κ3) is 6.09. The predicted octanol–water partition coefficient (Wildman–Crippen LogP) is 10.9. The van der Waals surface area contributed by atoms with E-state index in [4.69, 9.17) is 20.9 Å². The Labute approximate surface area is 275 Å². The van der Waals surface area contributed by atoms with Crippen LogP contribution in [-0.4, -0.2) is 0 Å². The van der Waals surface area contributed by atoms with Gasteiger partial charge in [-0.05, 0) is 146 Å². The number of benzene rings is 5. The van der Waals surface area contributed by atoms with Crippen LogP contribution in [0.1, 0.15) is 83.3 Å². The third-order valence-corrected chi connectivity index (χ3v) is 9.99. The molecular weight excluding hydrogens is 564 g/mol. The van der Waals surface area contributed by atoms with E-state index in [9.17, 15) is 0 Å². The molecule has 0 spiro atoms. The standard InChI is InChI=1S/C42H48N2O2/c1-25-23-33(43)15-19-37(25)45-39-21-17-35(27(3)29(39)5)41(7,8)31-11-13-32(14-12-31)42(9,10)36-18-22-40(30(6)28(36)4)46-38-20-16-34(44)24-26(38)2/h11-24H,43-44H2,1-10H3. The molecule has 0 radical (unpaired) electrons. The molecule has 4 N–H and O–H groups in total. The Kier molecular flexibility index (Phi) is 8.70. The van der Waals surface area contributed by atoms with Crippen molar-refractivity contribution >= 4 is 11.4 Å². The molecule has 5 aromatic rings. The van der Waals surface area contributed by atoms with Crippen molar-refractivity contribution in [1.82, 2.24) is 0 Å². The van der Waals surface area contributed by atoms with Gasteiger partial charge in [0.2, 0.25) is 0 Å². The lowest BCUT2D eigenvalue weighted by atomic mass is 9.72. The Bertz CT molecular complexity index is 1780. The van der Waals surface area contributed by atoms with Crippen LogP contribution in [0, 0.1) is 41.5 Å². The van der Waals surface area contributed by atoms with Crippen molar-refractivity contribution in [3.05, 3.63) is 141 Å². The molecule has 46 heavy (non-hydrogen) atoms. The lowest BCUT2D eigenvalue weighted by molar-refractivity contribution is 0.473. The lowest BCUT2D eigenvalue weighted by Crippen LogP contribution is -2.23. The zero-order valence-electron chi connectivity index (χ0n) is 29.1. The molecule has 0 atom stereocenters. The highest BCUT2D eigenvalue weighted by molar-refractivity contribution is 5.56. The number of nitrogens with two attached hydrogens (primary N) is 2. The van der Waals surface area contributed by atoms with E-state index in [0.29, 0.717) is 0 Å². The molecule has 0 fully saturated rings. The quantitative estimate of drug-likeness (QED) is 0.171. The van der Waals surface area contributed by atoms with Gasteiger partial charge in [0.25, 0.3) is 0 Å². The Morgan fingerprint density at radius 1 is 0.413 bits per heavy atom. The van der Waals surface area contributed by atoms with Crippen molar-refractivity contribution in [1.29, 1.82) is 0 Å². The Morgan fingerprint density at radius 3 is 1.07 bits per heavy atom. The summed E-state index contributed by atoms with van der Waals surface area (Å²) in [5.41, 5.74) is 24.9. The summed E-state index contributed by atoms with van der Waals surface area (Å²) < 4.78 is 12.7. The summed E-state index contributed by atoms with van der Waals surface area (Å²) in [5.74, 6) is 3.39. The number of rotatable bonds is 8. The highest BCUT2D eigenvalue weighted by Gasteiger charge is 2.30. The fourth-order valence-corrected chi connectivity index (χ4v) is 6.59. The van der Waals surface area contributed by atoms with Crippen molar-refractivity contribution in [3.8, 4) is 23.0 Å². The summed E-state index contributed by atoms with van der Waals surface area (Å²) >= 11 is 0. The van der Waals surface area contributed by atoms with Gasteiger partial charge in [0, 0.05) is 22.2 Å². The zero-order chi connectivity index (χ0) is 33.6. The average molecular weight is 613 g/mol. The summed E-state index contributed by atoms with van der Waals surface area (Å²) in [6.45, 7) is 21.9. The van der Waals surface area contributed by atoms with Gasteiger partial charge in [0.05, 0.1) is 0 Å². The minimum absolute atomic E-state index is 0.196. The second-order valence-electron chi connectivity index (χ2n) is 13.8. The van der Waals surface area contributed by atoms with Crippen LogP contribution in [0.4, 0.5) is 11.4 Å². The number of ether oxygens (including phenoxy) is 2. The van der Waals surface area contributed by atoms with Gasteiger partial charge in [-0.25, -0.2) is 0 Å². The summed E-state index contributed by atoms with van der Waals surface area (Å²) in [6.07, 6.45) is 0. The smallest absolute Gasteiger partial charge is 0.130 e. The summed E-state index contributed by atoms with van der Waals surface area (Å²) in [4.78, 5) is 0. The molecule has 4 heteroatoms. The van der Waals surface area contributed by atoms with Crippen molar-refractivity contribution in [2.75, 3.05) is 11.5 Å². The van der Waals surface area contributed by atoms with Gasteiger partial charge in [-0.15, -0.1) is 0 Å². The first-order valence-corrected chi connectivity index (χ1v) is 16.0. The summed E-state index contributed by atoms with van der Waals surface area (Å²) in [6, 6.07) is 29.3. The van der Waals surface area contributed by atoms with E-state index < -0.39 is 0 Å². The van der Waals surface area contributed by atoms with Crippen molar-refractivity contribution in [2.24, 2.45) is 0 Å². The molecule has 0 aliphatic carbocycles. The Hall–Kier alpha value is -4.70. The fraction of sp³-hybridized carbons (Fsp3) is 0.286. The molecular formula is C42H48N2O2. The maximum atomic E-state index is 6.34. The molecule has 0 heterocycles. The molecule has 0 saturated carbocycles. The van der Waals surface area contributed by atoms with E-state index in [1.165, 1.54) is 33.4 Å². The van der Waals surface area contributed by atoms with Crippen LogP contribution in [0.5, 0.6) is 23.0 Å². The summed E-state index contributed by atoms with van der Waals surface area (Å²) in [7, 11) is 0. The topological polar surface area (TPSA) is 70.5 Å². The third-order valence-electron chi connectivity index (χ3n) is 9.99. The minimum Gasteiger partial charge on any atom is -0.457 e. The second-order valence-corrected chi connectivity index (χ2v) is 13.8. The molecule has 238 valence electrons. The highest BCUT2D eigenvalue weighted by atomic mass is 16.5. The molecule has 0 amide bonds. The van der Waals surface area contributed by atoms with Gasteiger partial charge < -0.3 is 20.9 Å². The molecule has 4 nitrogen and oxygen atoms in total. The van der Waals surface area contributed by atoms with Gasteiger partial charge in [0.15, 0.2) is 0 Å². The van der Waals surface area contributed by atoms with E-state index in [0.717, 1.165) is 56.6 Å². The number of hydrogen-bond donors (Lipinski definition) is 2. The van der Waals surface area contributed by atoms with E-state index in [2.05, 4.69) is 104 Å². The van der Waals surface area contributed by atoms with Crippen LogP contribution in [0.15, 0.2) is 84.9 Å². The number of nitrogen functional groups attached to an aromatic ring is 2. The van der Waals surface area contributed by atoms with E-state index in [-0.39, 0.29) is 10.8 Å². The van der Waals surface area contributed by atoms with Gasteiger partial charge in [0.1, 0.15) is 23.0 Å². The lowest BCUT2D eigenvalue weighted by Gasteiger charge is -2.32. The van der Waals surface area contributed by atoms with E-state index in [1.807, 2.05) is 50.2 Å². The molecule has 0 aliphatic heterocycles. The molecule has 0 saturated heterocycles. The average Bonchev–Trinajstić information content (AvgIpc) is 3.00. The summed E-state index contributed by atoms with van der Waals surface area (Å²) in [5, 5.41) is 0. The largest absolute Gasteiger partial charge is 0.457 e. The van der Waals surface area contributed by atoms with Crippen molar-refractivity contribution < 1.29 is 9.47 Å². The molecule has 5 aromatic carbocycles. The molecule has 5 rings (SSSR count). The van der Waals surface area contributed by atoms with Crippen LogP contribution in [0.25, 0.3) is 0 Å². The first-order valence-electron chi connectivity index (χ1n) is 16.0. The van der Waals surface area contributed by atoms with E-state index >= 15 is 0 Å². The fourth-order valence-electron chi connectivity index (χ4n) is 6.59. The van der Waals surface area contributed by atoms with Crippen molar-refractivity contribution in [2.45, 2.75) is 80.1 Å². The second kappa shape index (κ2) is 12.2. The minimum atomic E-state index is -0.196. The predicted molar refractivity (Wildman–Crippen MR) is 194 cm³/mol. The SMILES string of the molecule is Cc1cc(N)ccc1Oc1ccc(C(C)(C)c2ccc(C(C)(C)c3ccc(Oc4ccc(N)cc4C)c(C)c3C)cc2)c(C)c1C. The van der Waals surface area contributed by atoms with Crippen molar-refractivity contribution in [3.63, 3.8) is 0 Å². The Balaban J connectivity index is 1.40. The number of hydrogen-bond acceptors (Lipinski definition) is 4. The normalized spacial score (nSPS) is 11.9. The Morgan fingerprint density at radius 2 is 0.739 bits per heavy atom.